The molecule has 0 aliphatic heterocycles. The van der Waals surface area contributed by atoms with Gasteiger partial charge in [0.05, 0.1) is 18.1 Å². The Morgan fingerprint density at radius 3 is 2.75 bits per heavy atom. The van der Waals surface area contributed by atoms with E-state index in [1.54, 1.807) is 49.4 Å². The molecule has 2 rings (SSSR count). The van der Waals surface area contributed by atoms with E-state index in [-0.39, 0.29) is 17.6 Å². The average Bonchev–Trinajstić information content (AvgIpc) is 2.70. The summed E-state index contributed by atoms with van der Waals surface area (Å²) in [6.07, 6.45) is 4.68. The summed E-state index contributed by atoms with van der Waals surface area (Å²) in [6, 6.07) is 11.1. The maximum absolute atomic E-state index is 12.2. The Hall–Kier alpha value is -3.61. The largest absolute Gasteiger partial charge is 0.493 e. The van der Waals surface area contributed by atoms with Gasteiger partial charge in [-0.1, -0.05) is 30.9 Å². The van der Waals surface area contributed by atoms with Gasteiger partial charge in [-0.25, -0.2) is 0 Å². The summed E-state index contributed by atoms with van der Waals surface area (Å²) in [5, 5.41) is 13.7. The van der Waals surface area contributed by atoms with Crippen molar-refractivity contribution in [2.24, 2.45) is 0 Å². The van der Waals surface area contributed by atoms with Crippen LogP contribution in [0.25, 0.3) is 6.08 Å². The molecule has 1 unspecified atom stereocenters. The van der Waals surface area contributed by atoms with Gasteiger partial charge in [-0.05, 0) is 36.3 Å². The first-order valence-electron chi connectivity index (χ1n) is 8.59. The molecule has 1 atom stereocenters. The quantitative estimate of drug-likeness (QED) is 0.306. The van der Waals surface area contributed by atoms with Crippen molar-refractivity contribution in [3.05, 3.63) is 82.4 Å². The Morgan fingerprint density at radius 2 is 2.07 bits per heavy atom. The standard InChI is InChI=1S/C21H22N2O5/c1-4-12-28-19-10-8-16(13-20(19)27-3)9-11-21(24)22-15(2)17-6-5-7-18(14-17)23(25)26/h4-11,13-15H,1,12H2,2-3H3,(H,22,24)/b11-9+. The lowest BCUT2D eigenvalue weighted by Gasteiger charge is -2.12. The number of nitro groups is 1. The topological polar surface area (TPSA) is 90.7 Å². The molecular weight excluding hydrogens is 360 g/mol. The molecule has 7 heteroatoms. The van der Waals surface area contributed by atoms with Gasteiger partial charge in [0.25, 0.3) is 5.69 Å². The summed E-state index contributed by atoms with van der Waals surface area (Å²) < 4.78 is 10.8. The lowest BCUT2D eigenvalue weighted by molar-refractivity contribution is -0.384. The molecule has 2 aromatic carbocycles. The highest BCUT2D eigenvalue weighted by Crippen LogP contribution is 2.28. The highest BCUT2D eigenvalue weighted by molar-refractivity contribution is 5.92. The summed E-state index contributed by atoms with van der Waals surface area (Å²) in [6.45, 7) is 5.73. The second-order valence-corrected chi connectivity index (χ2v) is 5.93. The number of benzene rings is 2. The highest BCUT2D eigenvalue weighted by Gasteiger charge is 2.12. The van der Waals surface area contributed by atoms with Crippen LogP contribution >= 0.6 is 0 Å². The van der Waals surface area contributed by atoms with E-state index in [9.17, 15) is 14.9 Å². The van der Waals surface area contributed by atoms with Crippen LogP contribution in [0.5, 0.6) is 11.5 Å². The third-order valence-corrected chi connectivity index (χ3v) is 3.91. The Kier molecular flexibility index (Phi) is 7.33. The molecule has 1 amide bonds. The fourth-order valence-electron chi connectivity index (χ4n) is 2.48. The fraction of sp³-hybridized carbons (Fsp3) is 0.190. The number of non-ortho nitro benzene ring substituents is 1. The summed E-state index contributed by atoms with van der Waals surface area (Å²) in [7, 11) is 1.54. The van der Waals surface area contributed by atoms with Gasteiger partial charge in [-0.3, -0.25) is 14.9 Å². The van der Waals surface area contributed by atoms with E-state index in [0.717, 1.165) is 5.56 Å². The first-order chi connectivity index (χ1) is 13.4. The van der Waals surface area contributed by atoms with Crippen molar-refractivity contribution >= 4 is 17.7 Å². The normalized spacial score (nSPS) is 11.6. The Bertz CT molecular complexity index is 892. The van der Waals surface area contributed by atoms with Crippen LogP contribution in [-0.4, -0.2) is 24.5 Å². The zero-order chi connectivity index (χ0) is 20.5. The van der Waals surface area contributed by atoms with Crippen LogP contribution in [0.3, 0.4) is 0 Å². The molecule has 0 spiro atoms. The first-order valence-corrected chi connectivity index (χ1v) is 8.59. The molecule has 7 nitrogen and oxygen atoms in total. The summed E-state index contributed by atoms with van der Waals surface area (Å²) >= 11 is 0. The van der Waals surface area contributed by atoms with Gasteiger partial charge in [0, 0.05) is 18.2 Å². The van der Waals surface area contributed by atoms with E-state index in [0.29, 0.717) is 23.7 Å². The second kappa shape index (κ2) is 9.91. The van der Waals surface area contributed by atoms with Crippen molar-refractivity contribution in [1.82, 2.24) is 5.32 Å². The zero-order valence-corrected chi connectivity index (χ0v) is 15.8. The molecule has 1 N–H and O–H groups in total. The van der Waals surface area contributed by atoms with Gasteiger partial charge in [-0.2, -0.15) is 0 Å². The predicted molar refractivity (Wildman–Crippen MR) is 107 cm³/mol. The van der Waals surface area contributed by atoms with Crippen molar-refractivity contribution in [1.29, 1.82) is 0 Å². The third kappa shape index (κ3) is 5.70. The van der Waals surface area contributed by atoms with Crippen LogP contribution in [0.15, 0.2) is 61.2 Å². The molecular formula is C21H22N2O5. The lowest BCUT2D eigenvalue weighted by atomic mass is 10.1. The molecule has 2 aromatic rings. The van der Waals surface area contributed by atoms with Crippen LogP contribution in [0, 0.1) is 10.1 Å². The number of carbonyl (C=O) groups excluding carboxylic acids is 1. The lowest BCUT2D eigenvalue weighted by Crippen LogP contribution is -2.24. The zero-order valence-electron chi connectivity index (χ0n) is 15.8. The maximum Gasteiger partial charge on any atom is 0.269 e. The minimum absolute atomic E-state index is 0.0139. The van der Waals surface area contributed by atoms with Crippen molar-refractivity contribution in [2.45, 2.75) is 13.0 Å². The second-order valence-electron chi connectivity index (χ2n) is 5.93. The molecule has 0 heterocycles. The van der Waals surface area contributed by atoms with Gasteiger partial charge < -0.3 is 14.8 Å². The van der Waals surface area contributed by atoms with Crippen LogP contribution in [-0.2, 0) is 4.79 Å². The van der Waals surface area contributed by atoms with Gasteiger partial charge in [0.15, 0.2) is 11.5 Å². The number of hydrogen-bond acceptors (Lipinski definition) is 5. The third-order valence-electron chi connectivity index (χ3n) is 3.91. The maximum atomic E-state index is 12.2. The summed E-state index contributed by atoms with van der Waals surface area (Å²) in [4.78, 5) is 22.6. The molecule has 28 heavy (non-hydrogen) atoms. The molecule has 146 valence electrons. The first kappa shape index (κ1) is 20.7. The van der Waals surface area contributed by atoms with Crippen molar-refractivity contribution in [2.75, 3.05) is 13.7 Å². The SMILES string of the molecule is C=CCOc1ccc(/C=C/C(=O)NC(C)c2cccc([N+](=O)[O-])c2)cc1OC. The van der Waals surface area contributed by atoms with Gasteiger partial charge in [0.2, 0.25) is 5.91 Å². The molecule has 0 aromatic heterocycles. The van der Waals surface area contributed by atoms with E-state index in [1.165, 1.54) is 25.3 Å². The number of ether oxygens (including phenoxy) is 2. The van der Waals surface area contributed by atoms with Gasteiger partial charge in [0.1, 0.15) is 6.61 Å². The number of amides is 1. The van der Waals surface area contributed by atoms with E-state index in [4.69, 9.17) is 9.47 Å². The Labute approximate surface area is 163 Å². The van der Waals surface area contributed by atoms with Crippen LogP contribution in [0.2, 0.25) is 0 Å². The molecule has 0 aliphatic carbocycles. The minimum atomic E-state index is -0.465. The number of methoxy groups -OCH3 is 1. The number of nitrogens with zero attached hydrogens (tertiary/aromatic N) is 1. The molecule has 0 aliphatic rings. The molecule has 0 fully saturated rings. The number of rotatable bonds is 9. The summed E-state index contributed by atoms with van der Waals surface area (Å²) in [5.74, 6) is 0.822. The molecule has 0 bridgehead atoms. The predicted octanol–water partition coefficient (Wildman–Crippen LogP) is 4.06. The Morgan fingerprint density at radius 1 is 1.29 bits per heavy atom. The van der Waals surface area contributed by atoms with Gasteiger partial charge >= 0.3 is 0 Å². The molecule has 0 saturated heterocycles. The monoisotopic (exact) mass is 382 g/mol. The minimum Gasteiger partial charge on any atom is -0.493 e. The smallest absolute Gasteiger partial charge is 0.269 e. The van der Waals surface area contributed by atoms with E-state index in [1.807, 2.05) is 0 Å². The summed E-state index contributed by atoms with van der Waals surface area (Å²) in [5.41, 5.74) is 1.40. The van der Waals surface area contributed by atoms with Crippen molar-refractivity contribution < 1.29 is 19.2 Å². The van der Waals surface area contributed by atoms with E-state index < -0.39 is 4.92 Å². The van der Waals surface area contributed by atoms with Crippen LogP contribution in [0.1, 0.15) is 24.1 Å². The van der Waals surface area contributed by atoms with Gasteiger partial charge in [-0.15, -0.1) is 0 Å². The number of nitro benzene ring substituents is 1. The molecule has 0 radical (unpaired) electrons. The van der Waals surface area contributed by atoms with E-state index >= 15 is 0 Å². The molecule has 0 saturated carbocycles. The van der Waals surface area contributed by atoms with E-state index in [2.05, 4.69) is 11.9 Å². The number of nitrogens with one attached hydrogen (secondary N) is 1. The van der Waals surface area contributed by atoms with Crippen LogP contribution in [0.4, 0.5) is 5.69 Å². The fourth-order valence-corrected chi connectivity index (χ4v) is 2.48. The van der Waals surface area contributed by atoms with Crippen LogP contribution < -0.4 is 14.8 Å². The number of carbonyl (C=O) groups is 1. The van der Waals surface area contributed by atoms with Crippen molar-refractivity contribution in [3.8, 4) is 11.5 Å². The Balaban J connectivity index is 2.04. The number of hydrogen-bond donors (Lipinski definition) is 1. The average molecular weight is 382 g/mol. The highest BCUT2D eigenvalue weighted by atomic mass is 16.6. The van der Waals surface area contributed by atoms with Crippen molar-refractivity contribution in [3.63, 3.8) is 0 Å².